The highest BCUT2D eigenvalue weighted by Crippen LogP contribution is 2.35. The number of hydrogen-bond acceptors (Lipinski definition) is 1. The Morgan fingerprint density at radius 2 is 1.38 bits per heavy atom. The van der Waals surface area contributed by atoms with Gasteiger partial charge in [-0.1, -0.05) is 6.92 Å². The van der Waals surface area contributed by atoms with Crippen LogP contribution in [0.3, 0.4) is 0 Å². The fourth-order valence-corrected chi connectivity index (χ4v) is 3.23. The highest BCUT2D eigenvalue weighted by molar-refractivity contribution is 6.05. The van der Waals surface area contributed by atoms with Gasteiger partial charge in [-0.05, 0) is 13.8 Å². The van der Waals surface area contributed by atoms with Crippen LogP contribution in [0.25, 0.3) is 21.8 Å². The molecule has 0 amide bonds. The van der Waals surface area contributed by atoms with Crippen molar-refractivity contribution in [1.82, 2.24) is 4.98 Å². The van der Waals surface area contributed by atoms with E-state index in [0.717, 1.165) is 0 Å². The molecule has 1 heterocycles. The van der Waals surface area contributed by atoms with Gasteiger partial charge in [0.05, 0.1) is 5.39 Å². The Bertz CT molecular complexity index is 1030. The minimum absolute atomic E-state index is 0.0771. The van der Waals surface area contributed by atoms with Gasteiger partial charge < -0.3 is 0 Å². The standard InChI is InChI=1S/C17H14F5N2/c1-5-8-7(3)23-16-10-9(6(2)11(18)17(16)24(8)4)12(19)14(21)15(22)13(10)20/h5H2,1-4H3/q+1. The van der Waals surface area contributed by atoms with Crippen molar-refractivity contribution >= 4 is 21.8 Å². The van der Waals surface area contributed by atoms with Crippen LogP contribution in [-0.2, 0) is 13.5 Å². The van der Waals surface area contributed by atoms with Gasteiger partial charge in [-0.25, -0.2) is 22.5 Å². The van der Waals surface area contributed by atoms with E-state index in [1.54, 1.807) is 14.0 Å². The van der Waals surface area contributed by atoms with Crippen molar-refractivity contribution in [3.05, 3.63) is 46.0 Å². The maximum atomic E-state index is 14.8. The topological polar surface area (TPSA) is 16.8 Å². The van der Waals surface area contributed by atoms with Crippen molar-refractivity contribution in [3.63, 3.8) is 0 Å². The number of halogens is 5. The lowest BCUT2D eigenvalue weighted by Crippen LogP contribution is -2.37. The molecule has 3 aromatic rings. The molecule has 0 radical (unpaired) electrons. The molecule has 2 nitrogen and oxygen atoms in total. The molecule has 126 valence electrons. The van der Waals surface area contributed by atoms with Gasteiger partial charge in [-0.15, -0.1) is 0 Å². The van der Waals surface area contributed by atoms with Crippen LogP contribution in [0.2, 0.25) is 0 Å². The lowest BCUT2D eigenvalue weighted by molar-refractivity contribution is -0.654. The van der Waals surface area contributed by atoms with Gasteiger partial charge >= 0.3 is 0 Å². The predicted molar refractivity (Wildman–Crippen MR) is 79.1 cm³/mol. The molecule has 0 aliphatic carbocycles. The molecule has 3 rings (SSSR count). The van der Waals surface area contributed by atoms with Crippen molar-refractivity contribution < 1.29 is 26.5 Å². The summed E-state index contributed by atoms with van der Waals surface area (Å²) in [4.78, 5) is 4.15. The van der Waals surface area contributed by atoms with Crippen LogP contribution in [0.4, 0.5) is 22.0 Å². The summed E-state index contributed by atoms with van der Waals surface area (Å²) < 4.78 is 72.1. The van der Waals surface area contributed by atoms with Crippen LogP contribution in [0.1, 0.15) is 23.9 Å². The van der Waals surface area contributed by atoms with Crippen LogP contribution in [-0.4, -0.2) is 4.98 Å². The molecule has 2 aromatic carbocycles. The zero-order valence-electron chi connectivity index (χ0n) is 13.5. The lowest BCUT2D eigenvalue weighted by atomic mass is 10.00. The second kappa shape index (κ2) is 5.36. The first-order valence-corrected chi connectivity index (χ1v) is 7.35. The first-order valence-electron chi connectivity index (χ1n) is 7.35. The molecule has 0 aliphatic rings. The van der Waals surface area contributed by atoms with Crippen LogP contribution < -0.4 is 4.57 Å². The molecular formula is C17H14F5N2+. The normalized spacial score (nSPS) is 11.7. The second-order valence-corrected chi connectivity index (χ2v) is 5.70. The molecule has 0 spiro atoms. The minimum atomic E-state index is -1.96. The van der Waals surface area contributed by atoms with Crippen LogP contribution in [0.15, 0.2) is 0 Å². The van der Waals surface area contributed by atoms with Gasteiger partial charge in [0, 0.05) is 17.4 Å². The highest BCUT2D eigenvalue weighted by atomic mass is 19.2. The maximum Gasteiger partial charge on any atom is 0.268 e. The highest BCUT2D eigenvalue weighted by Gasteiger charge is 2.30. The van der Waals surface area contributed by atoms with E-state index in [0.29, 0.717) is 17.8 Å². The number of aryl methyl sites for hydroxylation is 3. The van der Waals surface area contributed by atoms with Gasteiger partial charge in [-0.2, -0.15) is 8.96 Å². The maximum absolute atomic E-state index is 14.8. The van der Waals surface area contributed by atoms with Crippen LogP contribution >= 0.6 is 0 Å². The Labute approximate surface area is 134 Å². The molecule has 0 aliphatic heterocycles. The number of hydrogen-bond donors (Lipinski definition) is 0. The van der Waals surface area contributed by atoms with Crippen LogP contribution in [0, 0.1) is 42.9 Å². The number of benzene rings is 2. The average molecular weight is 341 g/mol. The first kappa shape index (κ1) is 16.5. The van der Waals surface area contributed by atoms with E-state index in [1.165, 1.54) is 11.5 Å². The molecule has 0 saturated heterocycles. The van der Waals surface area contributed by atoms with Crippen molar-refractivity contribution in [2.24, 2.45) is 7.05 Å². The summed E-state index contributed by atoms with van der Waals surface area (Å²) in [6.45, 7) is 4.68. The van der Waals surface area contributed by atoms with Crippen molar-refractivity contribution in [2.45, 2.75) is 27.2 Å². The Kier molecular flexibility index (Phi) is 3.69. The van der Waals surface area contributed by atoms with E-state index in [-0.39, 0.29) is 16.6 Å². The molecule has 0 fully saturated rings. The summed E-state index contributed by atoms with van der Waals surface area (Å²) in [5.74, 6) is -7.94. The van der Waals surface area contributed by atoms with Crippen molar-refractivity contribution in [1.29, 1.82) is 0 Å². The first-order chi connectivity index (χ1) is 11.2. The SMILES string of the molecule is CCc1c(C)nc2c3c(F)c(F)c(F)c(F)c3c(C)c(F)c2[n+]1C. The molecule has 0 N–H and O–H groups in total. The predicted octanol–water partition coefficient (Wildman–Crippen LogP) is 4.09. The Morgan fingerprint density at radius 1 is 0.833 bits per heavy atom. The van der Waals surface area contributed by atoms with Crippen molar-refractivity contribution in [2.75, 3.05) is 0 Å². The lowest BCUT2D eigenvalue weighted by Gasteiger charge is -2.12. The Morgan fingerprint density at radius 3 is 1.92 bits per heavy atom. The molecule has 24 heavy (non-hydrogen) atoms. The average Bonchev–Trinajstić information content (AvgIpc) is 2.54. The molecule has 0 saturated carbocycles. The third kappa shape index (κ3) is 1.93. The van der Waals surface area contributed by atoms with E-state index in [9.17, 15) is 22.0 Å². The van der Waals surface area contributed by atoms with Gasteiger partial charge in [0.1, 0.15) is 18.3 Å². The number of fused-ring (bicyclic) bond motifs is 3. The minimum Gasteiger partial charge on any atom is -0.239 e. The molecule has 7 heteroatoms. The van der Waals surface area contributed by atoms with E-state index in [2.05, 4.69) is 4.98 Å². The molecule has 1 aromatic heterocycles. The second-order valence-electron chi connectivity index (χ2n) is 5.70. The summed E-state index contributed by atoms with van der Waals surface area (Å²) in [7, 11) is 1.57. The summed E-state index contributed by atoms with van der Waals surface area (Å²) in [6.07, 6.45) is 0.538. The molecule has 0 bridgehead atoms. The monoisotopic (exact) mass is 341 g/mol. The fraction of sp³-hybridized carbons (Fsp3) is 0.294. The summed E-state index contributed by atoms with van der Waals surface area (Å²) in [6, 6.07) is 0. The van der Waals surface area contributed by atoms with Crippen molar-refractivity contribution in [3.8, 4) is 0 Å². The number of aromatic nitrogens is 2. The third-order valence-electron chi connectivity index (χ3n) is 4.41. The Balaban J connectivity index is 2.76. The third-order valence-corrected chi connectivity index (χ3v) is 4.41. The largest absolute Gasteiger partial charge is 0.268 e. The van der Waals surface area contributed by atoms with E-state index in [1.807, 2.05) is 6.92 Å². The summed E-state index contributed by atoms with van der Waals surface area (Å²) >= 11 is 0. The smallest absolute Gasteiger partial charge is 0.239 e. The van der Waals surface area contributed by atoms with E-state index < -0.39 is 39.9 Å². The van der Waals surface area contributed by atoms with Gasteiger partial charge in [0.25, 0.3) is 5.52 Å². The summed E-state index contributed by atoms with van der Waals surface area (Å²) in [5.41, 5.74) is 0.564. The van der Waals surface area contributed by atoms with Gasteiger partial charge in [0.2, 0.25) is 5.69 Å². The number of nitrogens with zero attached hydrogens (tertiary/aromatic N) is 2. The zero-order chi connectivity index (χ0) is 17.9. The quantitative estimate of drug-likeness (QED) is 0.214. The number of rotatable bonds is 1. The van der Waals surface area contributed by atoms with E-state index >= 15 is 0 Å². The van der Waals surface area contributed by atoms with Crippen LogP contribution in [0.5, 0.6) is 0 Å². The van der Waals surface area contributed by atoms with Gasteiger partial charge in [-0.3, -0.25) is 0 Å². The van der Waals surface area contributed by atoms with E-state index in [4.69, 9.17) is 0 Å². The fourth-order valence-electron chi connectivity index (χ4n) is 3.23. The molecule has 0 unspecified atom stereocenters. The Hall–Kier alpha value is -2.31. The summed E-state index contributed by atoms with van der Waals surface area (Å²) in [5, 5.41) is -1.19. The molecular weight excluding hydrogens is 327 g/mol. The zero-order valence-corrected chi connectivity index (χ0v) is 13.5. The van der Waals surface area contributed by atoms with Gasteiger partial charge in [0.15, 0.2) is 29.1 Å². The molecule has 0 atom stereocenters.